The quantitative estimate of drug-likeness (QED) is 0.193. The second-order valence-corrected chi connectivity index (χ2v) is 13.3. The number of aromatic nitrogens is 4. The molecule has 5 heteroatoms. The minimum absolute atomic E-state index is 0.126. The van der Waals surface area contributed by atoms with E-state index in [9.17, 15) is 0 Å². The molecule has 0 saturated heterocycles. The summed E-state index contributed by atoms with van der Waals surface area (Å²) in [4.78, 5) is 10.1. The fourth-order valence-corrected chi connectivity index (χ4v) is 8.01. The van der Waals surface area contributed by atoms with Crippen molar-refractivity contribution < 1.29 is 4.74 Å². The SMILES string of the molecule is CC1/C=c2/cccc/c2=C/Cc2nc(-n3c4c(c5ccccc53)C=C(c3ccc5c(c3)c3ccccc3n5-c3ccccc3)CC4)cnc2O1. The number of hydrogen-bond donors (Lipinski definition) is 0. The zero-order chi connectivity index (χ0) is 33.2. The van der Waals surface area contributed by atoms with Crippen LogP contribution in [0, 0.1) is 0 Å². The predicted molar refractivity (Wildman–Crippen MR) is 204 cm³/mol. The van der Waals surface area contributed by atoms with Crippen molar-refractivity contribution in [2.24, 2.45) is 0 Å². The molecule has 50 heavy (non-hydrogen) atoms. The Hall–Kier alpha value is -6.20. The number of hydrogen-bond acceptors (Lipinski definition) is 3. The van der Waals surface area contributed by atoms with E-state index in [1.807, 2.05) is 6.20 Å². The summed E-state index contributed by atoms with van der Waals surface area (Å²) in [7, 11) is 0. The van der Waals surface area contributed by atoms with Gasteiger partial charge in [0.05, 0.1) is 22.7 Å². The minimum Gasteiger partial charge on any atom is -0.469 e. The normalized spacial score (nSPS) is 16.8. The Bertz CT molecular complexity index is 2790. The van der Waals surface area contributed by atoms with E-state index in [4.69, 9.17) is 14.7 Å². The number of allylic oxidation sites excluding steroid dienone is 1. The molecular formula is C45H34N4O. The van der Waals surface area contributed by atoms with Crippen LogP contribution in [0.5, 0.6) is 5.88 Å². The highest BCUT2D eigenvalue weighted by molar-refractivity contribution is 6.10. The summed E-state index contributed by atoms with van der Waals surface area (Å²) in [6.45, 7) is 2.06. The van der Waals surface area contributed by atoms with Gasteiger partial charge in [0.25, 0.3) is 0 Å². The van der Waals surface area contributed by atoms with Crippen LogP contribution in [-0.4, -0.2) is 25.2 Å². The lowest BCUT2D eigenvalue weighted by Gasteiger charge is -2.18. The van der Waals surface area contributed by atoms with Gasteiger partial charge in [-0.1, -0.05) is 91.0 Å². The maximum atomic E-state index is 6.32. The molecule has 5 aromatic carbocycles. The summed E-state index contributed by atoms with van der Waals surface area (Å²) in [5.41, 5.74) is 10.8. The number of fused-ring (bicyclic) bond motifs is 8. The molecule has 0 fully saturated rings. The number of rotatable bonds is 3. The molecule has 240 valence electrons. The molecule has 0 bridgehead atoms. The highest BCUT2D eigenvalue weighted by atomic mass is 16.5. The van der Waals surface area contributed by atoms with Crippen LogP contribution < -0.4 is 15.2 Å². The molecule has 10 rings (SSSR count). The van der Waals surface area contributed by atoms with Crippen molar-refractivity contribution in [3.8, 4) is 17.4 Å². The smallest absolute Gasteiger partial charge is 0.236 e. The number of nitrogens with zero attached hydrogens (tertiary/aromatic N) is 4. The Labute approximate surface area is 289 Å². The van der Waals surface area contributed by atoms with E-state index < -0.39 is 0 Å². The lowest BCUT2D eigenvalue weighted by Crippen LogP contribution is -2.26. The van der Waals surface area contributed by atoms with Crippen molar-refractivity contribution >= 4 is 56.5 Å². The van der Waals surface area contributed by atoms with Crippen molar-refractivity contribution in [1.29, 1.82) is 0 Å². The molecule has 1 aliphatic carbocycles. The maximum Gasteiger partial charge on any atom is 0.236 e. The molecule has 1 atom stereocenters. The largest absolute Gasteiger partial charge is 0.469 e. The van der Waals surface area contributed by atoms with Crippen LogP contribution in [-0.2, 0) is 12.8 Å². The molecule has 0 N–H and O–H groups in total. The monoisotopic (exact) mass is 646 g/mol. The van der Waals surface area contributed by atoms with Gasteiger partial charge < -0.3 is 9.30 Å². The molecule has 8 aromatic rings. The second-order valence-electron chi connectivity index (χ2n) is 13.3. The third kappa shape index (κ3) is 4.61. The van der Waals surface area contributed by atoms with E-state index in [1.54, 1.807) is 0 Å². The molecule has 2 aliphatic rings. The summed E-state index contributed by atoms with van der Waals surface area (Å²) in [5.74, 6) is 1.42. The van der Waals surface area contributed by atoms with E-state index >= 15 is 0 Å². The molecule has 0 amide bonds. The molecule has 1 unspecified atom stereocenters. The first-order valence-corrected chi connectivity index (χ1v) is 17.4. The van der Waals surface area contributed by atoms with Gasteiger partial charge in [-0.05, 0) is 89.9 Å². The van der Waals surface area contributed by atoms with E-state index in [0.717, 1.165) is 29.9 Å². The first-order chi connectivity index (χ1) is 24.7. The molecule has 0 radical (unpaired) electrons. The Morgan fingerprint density at radius 2 is 1.40 bits per heavy atom. The Balaban J connectivity index is 1.09. The van der Waals surface area contributed by atoms with Crippen molar-refractivity contribution in [2.75, 3.05) is 0 Å². The highest BCUT2D eigenvalue weighted by Crippen LogP contribution is 2.40. The van der Waals surface area contributed by atoms with Crippen molar-refractivity contribution in [3.05, 3.63) is 160 Å². The van der Waals surface area contributed by atoms with Crippen molar-refractivity contribution in [3.63, 3.8) is 0 Å². The van der Waals surface area contributed by atoms with E-state index in [0.29, 0.717) is 12.3 Å². The Kier molecular flexibility index (Phi) is 6.59. The molecule has 0 saturated carbocycles. The summed E-state index contributed by atoms with van der Waals surface area (Å²) < 4.78 is 11.0. The Morgan fingerprint density at radius 1 is 0.680 bits per heavy atom. The lowest BCUT2D eigenvalue weighted by atomic mass is 9.90. The van der Waals surface area contributed by atoms with Crippen molar-refractivity contribution in [2.45, 2.75) is 32.3 Å². The second kappa shape index (κ2) is 11.5. The number of para-hydroxylation sites is 3. The fraction of sp³-hybridized carbons (Fsp3) is 0.111. The lowest BCUT2D eigenvalue weighted by molar-refractivity contribution is 0.268. The molecule has 1 aliphatic heterocycles. The topological polar surface area (TPSA) is 44.9 Å². The number of ether oxygens (including phenoxy) is 1. The molecule has 3 aromatic heterocycles. The average Bonchev–Trinajstić information content (AvgIpc) is 3.69. The zero-order valence-corrected chi connectivity index (χ0v) is 27.8. The summed E-state index contributed by atoms with van der Waals surface area (Å²) in [6, 6.07) is 43.5. The van der Waals surface area contributed by atoms with Gasteiger partial charge >= 0.3 is 0 Å². The summed E-state index contributed by atoms with van der Waals surface area (Å²) in [6.07, 6.45) is 11.0. The fourth-order valence-electron chi connectivity index (χ4n) is 8.01. The van der Waals surface area contributed by atoms with Gasteiger partial charge in [0, 0.05) is 39.5 Å². The van der Waals surface area contributed by atoms with E-state index in [1.165, 1.54) is 65.7 Å². The van der Waals surface area contributed by atoms with Crippen LogP contribution in [0.25, 0.3) is 68.0 Å². The molecule has 4 heterocycles. The van der Waals surface area contributed by atoms with Crippen LogP contribution in [0.15, 0.2) is 128 Å². The van der Waals surface area contributed by atoms with Gasteiger partial charge in [0.1, 0.15) is 11.8 Å². The van der Waals surface area contributed by atoms with Gasteiger partial charge in [-0.15, -0.1) is 0 Å². The van der Waals surface area contributed by atoms with Gasteiger partial charge in [-0.25, -0.2) is 9.97 Å². The minimum atomic E-state index is -0.126. The van der Waals surface area contributed by atoms with E-state index in [-0.39, 0.29) is 6.10 Å². The predicted octanol–water partition coefficient (Wildman–Crippen LogP) is 8.59. The highest BCUT2D eigenvalue weighted by Gasteiger charge is 2.24. The van der Waals surface area contributed by atoms with Gasteiger partial charge in [0.15, 0.2) is 5.82 Å². The van der Waals surface area contributed by atoms with E-state index in [2.05, 4.69) is 156 Å². The third-order valence-electron chi connectivity index (χ3n) is 10.3. The molecular weight excluding hydrogens is 613 g/mol. The molecule has 0 spiro atoms. The summed E-state index contributed by atoms with van der Waals surface area (Å²) in [5, 5.41) is 6.13. The standard InChI is InChI=1S/C45H34N4O/c1-29-25-31-12-6-5-11-30(31)19-22-39-45(50-29)46-28-44(47-39)49-41-18-10-8-16-36(41)38-27-33(21-24-43(38)49)32-20-23-42-37(26-32)35-15-7-9-17-40(35)48(42)34-13-3-2-4-14-34/h2-20,23,25-29H,21-22,24H2,1H3/b30-19-,31-25-. The van der Waals surface area contributed by atoms with Crippen LogP contribution >= 0.6 is 0 Å². The Morgan fingerprint density at radius 3 is 2.26 bits per heavy atom. The third-order valence-corrected chi connectivity index (χ3v) is 10.3. The maximum absolute atomic E-state index is 6.32. The average molecular weight is 647 g/mol. The van der Waals surface area contributed by atoms with Gasteiger partial charge in [0.2, 0.25) is 5.88 Å². The first-order valence-electron chi connectivity index (χ1n) is 17.4. The van der Waals surface area contributed by atoms with Crippen LogP contribution in [0.2, 0.25) is 0 Å². The molecule has 5 nitrogen and oxygen atoms in total. The first kappa shape index (κ1) is 28.8. The zero-order valence-electron chi connectivity index (χ0n) is 27.8. The van der Waals surface area contributed by atoms with Crippen LogP contribution in [0.4, 0.5) is 0 Å². The number of benzene rings is 5. The van der Waals surface area contributed by atoms with Crippen molar-refractivity contribution in [1.82, 2.24) is 19.1 Å². The summed E-state index contributed by atoms with van der Waals surface area (Å²) >= 11 is 0. The van der Waals surface area contributed by atoms with Gasteiger partial charge in [-0.2, -0.15) is 0 Å². The van der Waals surface area contributed by atoms with Gasteiger partial charge in [-0.3, -0.25) is 4.57 Å². The van der Waals surface area contributed by atoms with Crippen LogP contribution in [0.3, 0.4) is 0 Å². The van der Waals surface area contributed by atoms with Crippen LogP contribution in [0.1, 0.15) is 35.9 Å².